The highest BCUT2D eigenvalue weighted by atomic mass is 35.5. The van der Waals surface area contributed by atoms with Crippen LogP contribution in [0.2, 0.25) is 10.0 Å². The van der Waals surface area contributed by atoms with Gasteiger partial charge in [0.1, 0.15) is 6.04 Å². The fourth-order valence-electron chi connectivity index (χ4n) is 3.70. The molecule has 6 nitrogen and oxygen atoms in total. The largest absolute Gasteiger partial charge is 0.369 e. The zero-order valence-electron chi connectivity index (χ0n) is 14.3. The molecule has 3 rings (SSSR count). The number of piperidine rings is 1. The number of nitrogens with two attached hydrogens (primary N) is 1. The van der Waals surface area contributed by atoms with Gasteiger partial charge in [0.2, 0.25) is 11.8 Å². The minimum Gasteiger partial charge on any atom is -0.369 e. The third kappa shape index (κ3) is 3.81. The average molecular weight is 398 g/mol. The van der Waals surface area contributed by atoms with Gasteiger partial charge in [-0.2, -0.15) is 0 Å². The highest BCUT2D eigenvalue weighted by Crippen LogP contribution is 2.28. The number of halogens is 2. The van der Waals surface area contributed by atoms with Crippen LogP contribution in [-0.4, -0.2) is 53.2 Å². The summed E-state index contributed by atoms with van der Waals surface area (Å²) in [4.78, 5) is 40.6. The molecule has 2 N–H and O–H groups in total. The number of primary amides is 1. The number of amides is 3. The molecule has 26 heavy (non-hydrogen) atoms. The van der Waals surface area contributed by atoms with E-state index >= 15 is 0 Å². The second-order valence-corrected chi connectivity index (χ2v) is 7.65. The predicted molar refractivity (Wildman–Crippen MR) is 99.0 cm³/mol. The lowest BCUT2D eigenvalue weighted by Crippen LogP contribution is -2.52. The van der Waals surface area contributed by atoms with Crippen LogP contribution in [0.1, 0.15) is 36.0 Å². The minimum absolute atomic E-state index is 0.125. The van der Waals surface area contributed by atoms with Crippen molar-refractivity contribution >= 4 is 40.9 Å². The molecule has 2 fully saturated rings. The first kappa shape index (κ1) is 19.0. The van der Waals surface area contributed by atoms with Crippen LogP contribution < -0.4 is 5.73 Å². The first-order valence-electron chi connectivity index (χ1n) is 8.72. The van der Waals surface area contributed by atoms with Crippen molar-refractivity contribution in [2.24, 2.45) is 11.7 Å². The van der Waals surface area contributed by atoms with Gasteiger partial charge in [-0.15, -0.1) is 0 Å². The Kier molecular flexibility index (Phi) is 5.73. The second-order valence-electron chi connectivity index (χ2n) is 6.81. The molecule has 0 radical (unpaired) electrons. The molecule has 2 saturated heterocycles. The van der Waals surface area contributed by atoms with Crippen molar-refractivity contribution in [2.45, 2.75) is 31.7 Å². The van der Waals surface area contributed by atoms with E-state index in [0.717, 1.165) is 12.8 Å². The molecule has 2 heterocycles. The summed E-state index contributed by atoms with van der Waals surface area (Å²) in [6.45, 7) is 1.40. The fraction of sp³-hybridized carbons (Fsp3) is 0.500. The van der Waals surface area contributed by atoms with Crippen LogP contribution in [0.15, 0.2) is 18.2 Å². The quantitative estimate of drug-likeness (QED) is 0.848. The molecule has 0 aliphatic carbocycles. The summed E-state index contributed by atoms with van der Waals surface area (Å²) in [6.07, 6.45) is 2.78. The molecule has 140 valence electrons. The van der Waals surface area contributed by atoms with E-state index < -0.39 is 6.04 Å². The molecule has 1 aromatic carbocycles. The number of carbonyl (C=O) groups is 3. The highest BCUT2D eigenvalue weighted by Gasteiger charge is 2.39. The van der Waals surface area contributed by atoms with Gasteiger partial charge in [0.05, 0.1) is 16.5 Å². The topological polar surface area (TPSA) is 83.7 Å². The summed E-state index contributed by atoms with van der Waals surface area (Å²) in [6, 6.07) is 4.18. The van der Waals surface area contributed by atoms with Gasteiger partial charge in [-0.3, -0.25) is 14.4 Å². The van der Waals surface area contributed by atoms with E-state index in [1.807, 2.05) is 0 Å². The third-order valence-corrected chi connectivity index (χ3v) is 5.66. The molecule has 0 aromatic heterocycles. The standard InChI is InChI=1S/C18H21Cl2N3O3/c19-12-5-6-14(20)13(9-12)17(25)23-8-2-4-15(23)18(26)22-7-1-3-11(10-22)16(21)24/h5-6,9,11,15H,1-4,7-8,10H2,(H2,21,24). The van der Waals surface area contributed by atoms with E-state index in [2.05, 4.69) is 0 Å². The molecule has 3 amide bonds. The smallest absolute Gasteiger partial charge is 0.256 e. The lowest BCUT2D eigenvalue weighted by Gasteiger charge is -2.35. The summed E-state index contributed by atoms with van der Waals surface area (Å²) in [7, 11) is 0. The van der Waals surface area contributed by atoms with Gasteiger partial charge >= 0.3 is 0 Å². The number of nitrogens with zero attached hydrogens (tertiary/aromatic N) is 2. The summed E-state index contributed by atoms with van der Waals surface area (Å²) in [5, 5.41) is 0.726. The molecular formula is C18H21Cl2N3O3. The van der Waals surface area contributed by atoms with Gasteiger partial charge < -0.3 is 15.5 Å². The first-order valence-corrected chi connectivity index (χ1v) is 9.48. The Morgan fingerprint density at radius 1 is 1.08 bits per heavy atom. The van der Waals surface area contributed by atoms with Gasteiger partial charge in [-0.1, -0.05) is 23.2 Å². The molecule has 0 saturated carbocycles. The first-order chi connectivity index (χ1) is 12.4. The van der Waals surface area contributed by atoms with Crippen molar-refractivity contribution in [3.8, 4) is 0 Å². The highest BCUT2D eigenvalue weighted by molar-refractivity contribution is 6.35. The van der Waals surface area contributed by atoms with Crippen LogP contribution in [0.4, 0.5) is 0 Å². The number of rotatable bonds is 3. The normalized spacial score (nSPS) is 23.2. The van der Waals surface area contributed by atoms with Crippen molar-refractivity contribution in [1.29, 1.82) is 0 Å². The number of hydrogen-bond acceptors (Lipinski definition) is 3. The molecule has 1 aromatic rings. The molecule has 2 atom stereocenters. The number of likely N-dealkylation sites (tertiary alicyclic amines) is 2. The summed E-state index contributed by atoms with van der Waals surface area (Å²) >= 11 is 12.1. The zero-order valence-corrected chi connectivity index (χ0v) is 15.8. The maximum atomic E-state index is 13.0. The lowest BCUT2D eigenvalue weighted by atomic mass is 9.96. The van der Waals surface area contributed by atoms with Gasteiger partial charge in [-0.25, -0.2) is 0 Å². The van der Waals surface area contributed by atoms with E-state index in [4.69, 9.17) is 28.9 Å². The van der Waals surface area contributed by atoms with E-state index in [1.165, 1.54) is 6.07 Å². The second kappa shape index (κ2) is 7.84. The van der Waals surface area contributed by atoms with Crippen molar-refractivity contribution in [3.05, 3.63) is 33.8 Å². The van der Waals surface area contributed by atoms with Gasteiger partial charge in [0, 0.05) is 24.7 Å². The zero-order chi connectivity index (χ0) is 18.8. The molecule has 2 aliphatic heterocycles. The number of hydrogen-bond donors (Lipinski definition) is 1. The van der Waals surface area contributed by atoms with Gasteiger partial charge in [0.25, 0.3) is 5.91 Å². The van der Waals surface area contributed by atoms with Crippen LogP contribution in [0.25, 0.3) is 0 Å². The Morgan fingerprint density at radius 2 is 1.81 bits per heavy atom. The Morgan fingerprint density at radius 3 is 2.54 bits per heavy atom. The number of benzene rings is 1. The molecule has 0 spiro atoms. The van der Waals surface area contributed by atoms with Crippen LogP contribution in [0.5, 0.6) is 0 Å². The van der Waals surface area contributed by atoms with Crippen molar-refractivity contribution in [2.75, 3.05) is 19.6 Å². The molecule has 8 heteroatoms. The monoisotopic (exact) mass is 397 g/mol. The predicted octanol–water partition coefficient (Wildman–Crippen LogP) is 2.32. The van der Waals surface area contributed by atoms with Crippen molar-refractivity contribution in [3.63, 3.8) is 0 Å². The third-order valence-electron chi connectivity index (χ3n) is 5.09. The van der Waals surface area contributed by atoms with Crippen LogP contribution in [-0.2, 0) is 9.59 Å². The molecule has 2 aliphatic rings. The molecular weight excluding hydrogens is 377 g/mol. The Bertz CT molecular complexity index is 740. The van der Waals surface area contributed by atoms with Gasteiger partial charge in [0.15, 0.2) is 0 Å². The van der Waals surface area contributed by atoms with E-state index in [0.29, 0.717) is 48.1 Å². The van der Waals surface area contributed by atoms with E-state index in [-0.39, 0.29) is 23.6 Å². The summed E-state index contributed by atoms with van der Waals surface area (Å²) in [5.41, 5.74) is 5.70. The van der Waals surface area contributed by atoms with Crippen LogP contribution in [0.3, 0.4) is 0 Å². The van der Waals surface area contributed by atoms with Crippen LogP contribution >= 0.6 is 23.2 Å². The summed E-state index contributed by atoms with van der Waals surface area (Å²) in [5.74, 6) is -1.12. The van der Waals surface area contributed by atoms with Crippen molar-refractivity contribution < 1.29 is 14.4 Å². The van der Waals surface area contributed by atoms with Crippen LogP contribution in [0, 0.1) is 5.92 Å². The van der Waals surface area contributed by atoms with Gasteiger partial charge in [-0.05, 0) is 43.9 Å². The maximum absolute atomic E-state index is 13.0. The van der Waals surface area contributed by atoms with Crippen molar-refractivity contribution in [1.82, 2.24) is 9.80 Å². The fourth-order valence-corrected chi connectivity index (χ4v) is 4.07. The van der Waals surface area contributed by atoms with E-state index in [9.17, 15) is 14.4 Å². The Balaban J connectivity index is 1.77. The Hall–Kier alpha value is -1.79. The minimum atomic E-state index is -0.538. The van der Waals surface area contributed by atoms with E-state index in [1.54, 1.807) is 21.9 Å². The average Bonchev–Trinajstić information content (AvgIpc) is 3.12. The SMILES string of the molecule is NC(=O)C1CCCN(C(=O)C2CCCN2C(=O)c2cc(Cl)ccc2Cl)C1. The maximum Gasteiger partial charge on any atom is 0.256 e. The Labute approximate surface area is 162 Å². The lowest BCUT2D eigenvalue weighted by molar-refractivity contribution is -0.138. The molecule has 0 bridgehead atoms. The molecule has 2 unspecified atom stereocenters. The number of carbonyl (C=O) groups excluding carboxylic acids is 3. The summed E-state index contributed by atoms with van der Waals surface area (Å²) < 4.78 is 0.